The molecule has 0 saturated heterocycles. The van der Waals surface area contributed by atoms with Crippen LogP contribution in [0.2, 0.25) is 0 Å². The number of carbonyl (C=O) groups excluding carboxylic acids is 1. The number of carboxylic acids is 1. The lowest BCUT2D eigenvalue weighted by molar-refractivity contribution is 0.0237. The summed E-state index contributed by atoms with van der Waals surface area (Å²) < 4.78 is 5.21. The van der Waals surface area contributed by atoms with E-state index in [2.05, 4.69) is 0 Å². The monoisotopic (exact) mass is 236 g/mol. The van der Waals surface area contributed by atoms with Gasteiger partial charge in [-0.05, 0) is 37.1 Å². The number of esters is 1. The summed E-state index contributed by atoms with van der Waals surface area (Å²) in [4.78, 5) is 22.3. The molecule has 0 radical (unpaired) electrons. The summed E-state index contributed by atoms with van der Waals surface area (Å²) >= 11 is 0. The van der Waals surface area contributed by atoms with Crippen LogP contribution in [0.25, 0.3) is 0 Å². The van der Waals surface area contributed by atoms with Crippen LogP contribution in [0.4, 0.5) is 0 Å². The van der Waals surface area contributed by atoms with Crippen molar-refractivity contribution in [3.05, 3.63) is 35.4 Å². The molecular formula is C13H16O4. The van der Waals surface area contributed by atoms with E-state index < -0.39 is 11.9 Å². The molecule has 0 aliphatic carbocycles. The van der Waals surface area contributed by atoms with E-state index in [1.807, 2.05) is 20.8 Å². The minimum Gasteiger partial charge on any atom is -0.478 e. The molecule has 92 valence electrons. The van der Waals surface area contributed by atoms with E-state index in [0.29, 0.717) is 5.56 Å². The minimum absolute atomic E-state index is 0.151. The van der Waals surface area contributed by atoms with Crippen molar-refractivity contribution in [1.29, 1.82) is 0 Å². The van der Waals surface area contributed by atoms with Gasteiger partial charge in [0.05, 0.1) is 11.1 Å². The van der Waals surface area contributed by atoms with Crippen LogP contribution in [0, 0.1) is 5.92 Å². The molecule has 1 rings (SSSR count). The fourth-order valence-corrected chi connectivity index (χ4v) is 1.12. The first-order valence-electron chi connectivity index (χ1n) is 5.46. The number of rotatable bonds is 4. The number of ether oxygens (including phenoxy) is 1. The number of hydrogen-bond acceptors (Lipinski definition) is 3. The summed E-state index contributed by atoms with van der Waals surface area (Å²) in [6.45, 7) is 5.76. The van der Waals surface area contributed by atoms with Gasteiger partial charge in [0.15, 0.2) is 0 Å². The topological polar surface area (TPSA) is 63.6 Å². The van der Waals surface area contributed by atoms with Gasteiger partial charge in [0.2, 0.25) is 0 Å². The molecule has 0 aliphatic rings. The Morgan fingerprint density at radius 3 is 1.94 bits per heavy atom. The van der Waals surface area contributed by atoms with Crippen molar-refractivity contribution in [2.24, 2.45) is 5.92 Å². The lowest BCUT2D eigenvalue weighted by Gasteiger charge is -2.16. The van der Waals surface area contributed by atoms with Gasteiger partial charge in [-0.15, -0.1) is 0 Å². The Kier molecular flexibility index (Phi) is 4.26. The standard InChI is InChI=1S/C13H16O4/c1-8(2)9(3)17-13(16)11-6-4-10(5-7-11)12(14)15/h4-9H,1-3H3,(H,14,15). The van der Waals surface area contributed by atoms with E-state index in [1.54, 1.807) is 0 Å². The lowest BCUT2D eigenvalue weighted by Crippen LogP contribution is -2.20. The van der Waals surface area contributed by atoms with E-state index in [4.69, 9.17) is 9.84 Å². The Hall–Kier alpha value is -1.84. The van der Waals surface area contributed by atoms with Gasteiger partial charge < -0.3 is 9.84 Å². The molecule has 1 N–H and O–H groups in total. The van der Waals surface area contributed by atoms with Gasteiger partial charge in [-0.2, -0.15) is 0 Å². The highest BCUT2D eigenvalue weighted by molar-refractivity contribution is 5.92. The summed E-state index contributed by atoms with van der Waals surface area (Å²) in [6.07, 6.45) is -0.165. The van der Waals surface area contributed by atoms with Gasteiger partial charge in [-0.1, -0.05) is 13.8 Å². The molecule has 1 unspecified atom stereocenters. The molecule has 0 aromatic heterocycles. The first-order valence-corrected chi connectivity index (χ1v) is 5.46. The van der Waals surface area contributed by atoms with Crippen LogP contribution >= 0.6 is 0 Å². The first-order chi connectivity index (χ1) is 7.91. The van der Waals surface area contributed by atoms with Gasteiger partial charge >= 0.3 is 11.9 Å². The molecule has 17 heavy (non-hydrogen) atoms. The highest BCUT2D eigenvalue weighted by Crippen LogP contribution is 2.11. The minimum atomic E-state index is -1.01. The largest absolute Gasteiger partial charge is 0.478 e. The van der Waals surface area contributed by atoms with Crippen molar-refractivity contribution in [1.82, 2.24) is 0 Å². The predicted octanol–water partition coefficient (Wildman–Crippen LogP) is 2.59. The smallest absolute Gasteiger partial charge is 0.338 e. The van der Waals surface area contributed by atoms with Crippen molar-refractivity contribution in [3.8, 4) is 0 Å². The Bertz CT molecular complexity index is 406. The molecule has 1 aromatic rings. The zero-order valence-electron chi connectivity index (χ0n) is 10.1. The zero-order chi connectivity index (χ0) is 13.0. The summed E-state index contributed by atoms with van der Waals surface area (Å²) in [5, 5.41) is 8.72. The molecule has 0 saturated carbocycles. The molecule has 0 fully saturated rings. The molecule has 0 heterocycles. The zero-order valence-corrected chi connectivity index (χ0v) is 10.1. The van der Waals surface area contributed by atoms with Gasteiger partial charge in [0.25, 0.3) is 0 Å². The Morgan fingerprint density at radius 1 is 1.06 bits per heavy atom. The second kappa shape index (κ2) is 5.48. The van der Waals surface area contributed by atoms with Crippen molar-refractivity contribution >= 4 is 11.9 Å². The SMILES string of the molecule is CC(C)C(C)OC(=O)c1ccc(C(=O)O)cc1. The summed E-state index contributed by atoms with van der Waals surface area (Å²) in [5.74, 6) is -1.19. The predicted molar refractivity (Wildman–Crippen MR) is 63.1 cm³/mol. The highest BCUT2D eigenvalue weighted by atomic mass is 16.5. The molecule has 0 spiro atoms. The lowest BCUT2D eigenvalue weighted by atomic mass is 10.1. The van der Waals surface area contributed by atoms with E-state index in [1.165, 1.54) is 24.3 Å². The number of carboxylic acid groups (broad SMARTS) is 1. The van der Waals surface area contributed by atoms with E-state index in [-0.39, 0.29) is 17.6 Å². The molecule has 4 nitrogen and oxygen atoms in total. The van der Waals surface area contributed by atoms with Crippen LogP contribution in [-0.2, 0) is 4.74 Å². The van der Waals surface area contributed by atoms with Crippen LogP contribution in [-0.4, -0.2) is 23.1 Å². The molecule has 0 bridgehead atoms. The van der Waals surface area contributed by atoms with Gasteiger partial charge in [0, 0.05) is 0 Å². The molecule has 1 atom stereocenters. The van der Waals surface area contributed by atoms with E-state index in [0.717, 1.165) is 0 Å². The molecule has 1 aromatic carbocycles. The second-order valence-electron chi connectivity index (χ2n) is 4.24. The number of aromatic carboxylic acids is 1. The third-order valence-corrected chi connectivity index (χ3v) is 2.60. The van der Waals surface area contributed by atoms with Crippen molar-refractivity contribution < 1.29 is 19.4 Å². The maximum Gasteiger partial charge on any atom is 0.338 e. The normalized spacial score (nSPS) is 12.2. The summed E-state index contributed by atoms with van der Waals surface area (Å²) in [5.41, 5.74) is 0.515. The van der Waals surface area contributed by atoms with Gasteiger partial charge in [-0.3, -0.25) is 0 Å². The average Bonchev–Trinajstić information content (AvgIpc) is 2.28. The Balaban J connectivity index is 2.73. The van der Waals surface area contributed by atoms with Gasteiger partial charge in [-0.25, -0.2) is 9.59 Å². The fourth-order valence-electron chi connectivity index (χ4n) is 1.12. The van der Waals surface area contributed by atoms with Gasteiger partial charge in [0.1, 0.15) is 6.10 Å². The third kappa shape index (κ3) is 3.59. The fraction of sp³-hybridized carbons (Fsp3) is 0.385. The van der Waals surface area contributed by atoms with Crippen LogP contribution in [0.5, 0.6) is 0 Å². The second-order valence-corrected chi connectivity index (χ2v) is 4.24. The average molecular weight is 236 g/mol. The van der Waals surface area contributed by atoms with Crippen LogP contribution < -0.4 is 0 Å². The van der Waals surface area contributed by atoms with Crippen LogP contribution in [0.1, 0.15) is 41.5 Å². The number of benzene rings is 1. The maximum absolute atomic E-state index is 11.7. The molecular weight excluding hydrogens is 220 g/mol. The summed E-state index contributed by atoms with van der Waals surface area (Å²) in [7, 11) is 0. The third-order valence-electron chi connectivity index (χ3n) is 2.60. The van der Waals surface area contributed by atoms with Crippen molar-refractivity contribution in [2.45, 2.75) is 26.9 Å². The number of hydrogen-bond donors (Lipinski definition) is 1. The highest BCUT2D eigenvalue weighted by Gasteiger charge is 2.15. The van der Waals surface area contributed by atoms with E-state index >= 15 is 0 Å². The molecule has 4 heteroatoms. The Labute approximate surface area is 100 Å². The van der Waals surface area contributed by atoms with Crippen molar-refractivity contribution in [2.75, 3.05) is 0 Å². The molecule has 0 amide bonds. The summed E-state index contributed by atoms with van der Waals surface area (Å²) in [6, 6.07) is 5.69. The van der Waals surface area contributed by atoms with Crippen molar-refractivity contribution in [3.63, 3.8) is 0 Å². The van der Waals surface area contributed by atoms with Crippen LogP contribution in [0.3, 0.4) is 0 Å². The molecule has 0 aliphatic heterocycles. The first kappa shape index (κ1) is 13.2. The van der Waals surface area contributed by atoms with E-state index in [9.17, 15) is 9.59 Å². The van der Waals surface area contributed by atoms with Crippen LogP contribution in [0.15, 0.2) is 24.3 Å². The quantitative estimate of drug-likeness (QED) is 0.816. The Morgan fingerprint density at radius 2 is 1.53 bits per heavy atom. The maximum atomic E-state index is 11.7. The number of carbonyl (C=O) groups is 2.